The first kappa shape index (κ1) is 38.3. The molecule has 266 valence electrons. The van der Waals surface area contributed by atoms with Gasteiger partial charge in [0.25, 0.3) is 5.60 Å². The molecule has 0 saturated carbocycles. The Morgan fingerprint density at radius 1 is 1.00 bits per heavy atom. The number of aliphatic hydroxyl groups is 1. The molecule has 0 radical (unpaired) electrons. The molecular formula is C31H40O17. The summed E-state index contributed by atoms with van der Waals surface area (Å²) in [6.07, 6.45) is -9.92. The normalized spacial score (nSPS) is 28.9. The van der Waals surface area contributed by atoms with Crippen LogP contribution in [0.1, 0.15) is 32.3 Å². The summed E-state index contributed by atoms with van der Waals surface area (Å²) in [6.45, 7) is 6.45. The number of carbonyl (C=O) groups is 5. The van der Waals surface area contributed by atoms with Crippen LogP contribution in [-0.4, -0.2) is 126 Å². The number of esters is 1. The molecule has 1 aromatic rings. The molecule has 17 heteroatoms. The number of carboxylic acid groups (broad SMARTS) is 3. The van der Waals surface area contributed by atoms with Crippen LogP contribution < -0.4 is 0 Å². The van der Waals surface area contributed by atoms with Gasteiger partial charge in [0.05, 0.1) is 20.3 Å². The SMILES string of the molecule is C=C(CCC12OC(C(=O)O)C(O)(C(=O)O)C(C(=O)O)(O1)C(OC(=O)OC)C2OCOCCOC)C(OC(C)=O)C(C)Cc1ccccc1. The number of methoxy groups -OCH3 is 2. The van der Waals surface area contributed by atoms with Crippen molar-refractivity contribution in [3.8, 4) is 0 Å². The van der Waals surface area contributed by atoms with E-state index in [0.29, 0.717) is 6.42 Å². The van der Waals surface area contributed by atoms with E-state index < -0.39 is 84.7 Å². The van der Waals surface area contributed by atoms with Crippen molar-refractivity contribution in [3.05, 3.63) is 48.0 Å². The van der Waals surface area contributed by atoms with Gasteiger partial charge in [-0.25, -0.2) is 19.2 Å². The predicted octanol–water partition coefficient (Wildman–Crippen LogP) is 1.14. The lowest BCUT2D eigenvalue weighted by Crippen LogP contribution is -2.78. The Morgan fingerprint density at radius 2 is 1.67 bits per heavy atom. The fourth-order valence-corrected chi connectivity index (χ4v) is 5.96. The van der Waals surface area contributed by atoms with Crippen LogP contribution in [-0.2, 0) is 63.5 Å². The van der Waals surface area contributed by atoms with E-state index in [0.717, 1.165) is 12.7 Å². The van der Waals surface area contributed by atoms with Crippen molar-refractivity contribution in [1.29, 1.82) is 0 Å². The smallest absolute Gasteiger partial charge is 0.479 e. The average Bonchev–Trinajstić information content (AvgIpc) is 3.27. The van der Waals surface area contributed by atoms with Crippen molar-refractivity contribution >= 4 is 30.0 Å². The average molecular weight is 685 g/mol. The van der Waals surface area contributed by atoms with E-state index in [1.807, 2.05) is 30.3 Å². The Morgan fingerprint density at radius 3 is 2.21 bits per heavy atom. The zero-order valence-electron chi connectivity index (χ0n) is 26.8. The second-order valence-corrected chi connectivity index (χ2v) is 11.3. The van der Waals surface area contributed by atoms with Gasteiger partial charge in [-0.05, 0) is 24.0 Å². The topological polar surface area (TPSA) is 240 Å². The van der Waals surface area contributed by atoms with Gasteiger partial charge in [-0.15, -0.1) is 0 Å². The first-order valence-electron chi connectivity index (χ1n) is 14.7. The van der Waals surface area contributed by atoms with Crippen LogP contribution in [0.5, 0.6) is 0 Å². The molecule has 1 aromatic carbocycles. The second kappa shape index (κ2) is 15.8. The molecule has 2 aliphatic rings. The molecule has 0 aromatic heterocycles. The molecule has 2 heterocycles. The van der Waals surface area contributed by atoms with Crippen LogP contribution in [0, 0.1) is 5.92 Å². The molecule has 0 amide bonds. The Hall–Kier alpha value is -4.13. The van der Waals surface area contributed by atoms with Crippen LogP contribution in [0.3, 0.4) is 0 Å². The first-order chi connectivity index (χ1) is 22.6. The molecule has 2 bridgehead atoms. The number of ether oxygens (including phenoxy) is 8. The minimum absolute atomic E-state index is 0.0402. The fraction of sp³-hybridized carbons (Fsp3) is 0.581. The van der Waals surface area contributed by atoms with Crippen LogP contribution in [0.15, 0.2) is 42.5 Å². The molecule has 0 aliphatic carbocycles. The van der Waals surface area contributed by atoms with Crippen molar-refractivity contribution in [2.24, 2.45) is 5.92 Å². The van der Waals surface area contributed by atoms with E-state index in [-0.39, 0.29) is 31.1 Å². The predicted molar refractivity (Wildman–Crippen MR) is 157 cm³/mol. The van der Waals surface area contributed by atoms with Crippen LogP contribution in [0.25, 0.3) is 0 Å². The first-order valence-corrected chi connectivity index (χ1v) is 14.7. The third-order valence-electron chi connectivity index (χ3n) is 8.13. The molecule has 8 atom stereocenters. The van der Waals surface area contributed by atoms with E-state index in [1.165, 1.54) is 14.0 Å². The van der Waals surface area contributed by atoms with Crippen LogP contribution >= 0.6 is 0 Å². The van der Waals surface area contributed by atoms with E-state index in [2.05, 4.69) is 11.3 Å². The number of hydrogen-bond donors (Lipinski definition) is 4. The summed E-state index contributed by atoms with van der Waals surface area (Å²) >= 11 is 0. The van der Waals surface area contributed by atoms with Crippen LogP contribution in [0.4, 0.5) is 4.79 Å². The van der Waals surface area contributed by atoms with Gasteiger partial charge >= 0.3 is 30.0 Å². The van der Waals surface area contributed by atoms with Crippen molar-refractivity contribution in [3.63, 3.8) is 0 Å². The number of rotatable bonds is 18. The number of fused-ring (bicyclic) bond motifs is 2. The molecule has 2 saturated heterocycles. The summed E-state index contributed by atoms with van der Waals surface area (Å²) in [4.78, 5) is 62.6. The highest BCUT2D eigenvalue weighted by molar-refractivity contribution is 5.98. The van der Waals surface area contributed by atoms with Gasteiger partial charge in [0, 0.05) is 26.4 Å². The van der Waals surface area contributed by atoms with Crippen molar-refractivity contribution < 1.29 is 82.3 Å². The summed E-state index contributed by atoms with van der Waals surface area (Å²) in [5, 5.41) is 42.1. The van der Waals surface area contributed by atoms with E-state index in [9.17, 15) is 44.4 Å². The standard InChI is InChI=1S/C31H40O17/c1-17(21(45-19(3)32)18(2)15-20-9-7-6-8-10-20)11-12-29-22(44-16-43-14-13-41-4)23(46-28(39)42-5)31(48-29,27(37)38)30(40,26(35)36)24(47-29)25(33)34/h6-10,18,21-24,40H,1,11-16H2,2-5H3,(H,33,34)(H,35,36)(H,37,38). The number of carboxylic acids is 3. The maximum atomic E-state index is 13.0. The summed E-state index contributed by atoms with van der Waals surface area (Å²) in [7, 11) is 2.26. The van der Waals surface area contributed by atoms with Gasteiger partial charge in [0.15, 0.2) is 12.2 Å². The summed E-state index contributed by atoms with van der Waals surface area (Å²) in [5.41, 5.74) is -6.25. The highest BCUT2D eigenvalue weighted by atomic mass is 16.8. The number of carbonyl (C=O) groups excluding carboxylic acids is 2. The van der Waals surface area contributed by atoms with Gasteiger partial charge in [-0.2, -0.15) is 0 Å². The largest absolute Gasteiger partial charge is 0.508 e. The summed E-state index contributed by atoms with van der Waals surface area (Å²) in [6, 6.07) is 9.28. The second-order valence-electron chi connectivity index (χ2n) is 11.3. The zero-order chi connectivity index (χ0) is 35.9. The third-order valence-corrected chi connectivity index (χ3v) is 8.13. The highest BCUT2D eigenvalue weighted by Gasteiger charge is 2.86. The maximum Gasteiger partial charge on any atom is 0.508 e. The molecule has 48 heavy (non-hydrogen) atoms. The fourth-order valence-electron chi connectivity index (χ4n) is 5.96. The van der Waals surface area contributed by atoms with E-state index in [1.54, 1.807) is 6.92 Å². The number of aliphatic carboxylic acids is 3. The molecule has 0 spiro atoms. The Balaban J connectivity index is 2.11. The molecule has 17 nitrogen and oxygen atoms in total. The number of benzene rings is 1. The van der Waals surface area contributed by atoms with Crippen LogP contribution in [0.2, 0.25) is 0 Å². The van der Waals surface area contributed by atoms with Gasteiger partial charge < -0.3 is 58.3 Å². The Bertz CT molecular complexity index is 1350. The van der Waals surface area contributed by atoms with Crippen molar-refractivity contribution in [1.82, 2.24) is 0 Å². The van der Waals surface area contributed by atoms with Gasteiger partial charge in [-0.1, -0.05) is 43.8 Å². The third kappa shape index (κ3) is 7.45. The maximum absolute atomic E-state index is 13.0. The van der Waals surface area contributed by atoms with Gasteiger partial charge in [0.2, 0.25) is 17.5 Å². The minimum Gasteiger partial charge on any atom is -0.479 e. The summed E-state index contributed by atoms with van der Waals surface area (Å²) < 4.78 is 42.7. The van der Waals surface area contributed by atoms with E-state index in [4.69, 9.17) is 33.2 Å². The molecule has 2 aliphatic heterocycles. The Labute approximate surface area is 275 Å². The lowest BCUT2D eigenvalue weighted by atomic mass is 9.74. The Kier molecular flexibility index (Phi) is 12.6. The quantitative estimate of drug-likeness (QED) is 0.0733. The van der Waals surface area contributed by atoms with Gasteiger partial charge in [-0.3, -0.25) is 4.79 Å². The monoisotopic (exact) mass is 684 g/mol. The lowest BCUT2D eigenvalue weighted by molar-refractivity contribution is -0.377. The summed E-state index contributed by atoms with van der Waals surface area (Å²) in [5.74, 6) is -10.2. The lowest BCUT2D eigenvalue weighted by Gasteiger charge is -2.48. The molecule has 4 N–H and O–H groups in total. The van der Waals surface area contributed by atoms with E-state index >= 15 is 0 Å². The number of hydrogen-bond acceptors (Lipinski definition) is 14. The zero-order valence-corrected chi connectivity index (χ0v) is 26.8. The molecular weight excluding hydrogens is 644 g/mol. The van der Waals surface area contributed by atoms with Gasteiger partial charge in [0.1, 0.15) is 12.9 Å². The molecule has 2 fully saturated rings. The highest BCUT2D eigenvalue weighted by Crippen LogP contribution is 2.56. The van der Waals surface area contributed by atoms with Crippen molar-refractivity contribution in [2.75, 3.05) is 34.2 Å². The molecule has 8 unspecified atom stereocenters. The van der Waals surface area contributed by atoms with Crippen molar-refractivity contribution in [2.45, 2.75) is 74.5 Å². The minimum atomic E-state index is -3.90. The molecule has 3 rings (SSSR count).